The minimum absolute atomic E-state index is 0.0137. The second-order valence-electron chi connectivity index (χ2n) is 6.77. The molecule has 0 saturated heterocycles. The molecule has 0 bridgehead atoms. The minimum Gasteiger partial charge on any atom is -0.496 e. The standard InChI is InChI=1S/C21H23ClFN5O2/c1-4-28(12(2)20(24)29)10-13-8-14-17(9-18(13)30-3)25-11-26-21(14)27-16-7-5-6-15(22)19(16)23/h5-9,11-12H,4,10H2,1-3H3,(H2,24,29)(H,25,26,27)/t12-/m0/s1. The van der Waals surface area contributed by atoms with Crippen molar-refractivity contribution >= 4 is 39.9 Å². The summed E-state index contributed by atoms with van der Waals surface area (Å²) < 4.78 is 19.9. The molecule has 30 heavy (non-hydrogen) atoms. The maximum atomic E-state index is 14.4. The third-order valence-electron chi connectivity index (χ3n) is 4.98. The maximum Gasteiger partial charge on any atom is 0.234 e. The molecule has 0 spiro atoms. The van der Waals surface area contributed by atoms with E-state index >= 15 is 0 Å². The van der Waals surface area contributed by atoms with Crippen LogP contribution in [0.5, 0.6) is 5.75 Å². The van der Waals surface area contributed by atoms with Crippen molar-refractivity contribution in [2.45, 2.75) is 26.4 Å². The fraction of sp³-hybridized carbons (Fsp3) is 0.286. The van der Waals surface area contributed by atoms with Crippen LogP contribution in [0.25, 0.3) is 10.9 Å². The van der Waals surface area contributed by atoms with Crippen LogP contribution < -0.4 is 15.8 Å². The predicted molar refractivity (Wildman–Crippen MR) is 116 cm³/mol. The van der Waals surface area contributed by atoms with Crippen molar-refractivity contribution in [2.75, 3.05) is 19.0 Å². The van der Waals surface area contributed by atoms with Gasteiger partial charge in [0, 0.05) is 23.6 Å². The third kappa shape index (κ3) is 4.44. The molecule has 1 atom stereocenters. The average Bonchev–Trinajstić information content (AvgIpc) is 2.74. The number of rotatable bonds is 8. The fourth-order valence-corrected chi connectivity index (χ4v) is 3.37. The lowest BCUT2D eigenvalue weighted by atomic mass is 10.1. The molecule has 2 aromatic carbocycles. The normalized spacial score (nSPS) is 12.2. The molecule has 158 valence electrons. The van der Waals surface area contributed by atoms with Crippen LogP contribution in [0.1, 0.15) is 19.4 Å². The van der Waals surface area contributed by atoms with E-state index < -0.39 is 17.8 Å². The van der Waals surface area contributed by atoms with Gasteiger partial charge in [-0.25, -0.2) is 14.4 Å². The van der Waals surface area contributed by atoms with Gasteiger partial charge in [-0.05, 0) is 31.7 Å². The van der Waals surface area contributed by atoms with E-state index in [9.17, 15) is 9.18 Å². The summed E-state index contributed by atoms with van der Waals surface area (Å²) in [6.45, 7) is 4.76. The number of hydrogen-bond acceptors (Lipinski definition) is 6. The van der Waals surface area contributed by atoms with Gasteiger partial charge in [0.2, 0.25) is 5.91 Å². The number of aromatic nitrogens is 2. The van der Waals surface area contributed by atoms with Crippen LogP contribution in [0.3, 0.4) is 0 Å². The second kappa shape index (κ2) is 9.23. The number of primary amides is 1. The number of nitrogens with two attached hydrogens (primary N) is 1. The molecule has 0 aliphatic carbocycles. The lowest BCUT2D eigenvalue weighted by molar-refractivity contribution is -0.122. The highest BCUT2D eigenvalue weighted by Gasteiger charge is 2.20. The number of likely N-dealkylation sites (N-methyl/N-ethyl adjacent to an activating group) is 1. The molecule has 0 aliphatic heterocycles. The van der Waals surface area contributed by atoms with E-state index in [4.69, 9.17) is 22.1 Å². The van der Waals surface area contributed by atoms with Crippen molar-refractivity contribution in [1.82, 2.24) is 14.9 Å². The lowest BCUT2D eigenvalue weighted by Gasteiger charge is -2.26. The Bertz CT molecular complexity index is 1080. The monoisotopic (exact) mass is 431 g/mol. The Labute approximate surface area is 179 Å². The Morgan fingerprint density at radius 3 is 2.80 bits per heavy atom. The Morgan fingerprint density at radius 2 is 2.13 bits per heavy atom. The van der Waals surface area contributed by atoms with Crippen LogP contribution in [-0.4, -0.2) is 40.5 Å². The minimum atomic E-state index is -0.563. The number of methoxy groups -OCH3 is 1. The van der Waals surface area contributed by atoms with Crippen molar-refractivity contribution in [3.63, 3.8) is 0 Å². The summed E-state index contributed by atoms with van der Waals surface area (Å²) in [4.78, 5) is 22.1. The van der Waals surface area contributed by atoms with E-state index in [1.807, 2.05) is 17.9 Å². The Kier molecular flexibility index (Phi) is 6.69. The third-order valence-corrected chi connectivity index (χ3v) is 5.27. The van der Waals surface area contributed by atoms with Crippen LogP contribution in [0.15, 0.2) is 36.7 Å². The van der Waals surface area contributed by atoms with Crippen molar-refractivity contribution in [2.24, 2.45) is 5.73 Å². The average molecular weight is 432 g/mol. The van der Waals surface area contributed by atoms with E-state index in [2.05, 4.69) is 15.3 Å². The largest absolute Gasteiger partial charge is 0.496 e. The summed E-state index contributed by atoms with van der Waals surface area (Å²) >= 11 is 5.88. The number of fused-ring (bicyclic) bond motifs is 1. The van der Waals surface area contributed by atoms with Crippen LogP contribution in [0.2, 0.25) is 5.02 Å². The van der Waals surface area contributed by atoms with Gasteiger partial charge in [0.15, 0.2) is 5.82 Å². The van der Waals surface area contributed by atoms with Gasteiger partial charge in [0.25, 0.3) is 0 Å². The van der Waals surface area contributed by atoms with E-state index in [-0.39, 0.29) is 10.7 Å². The number of ether oxygens (including phenoxy) is 1. The molecule has 0 saturated carbocycles. The highest BCUT2D eigenvalue weighted by atomic mass is 35.5. The molecule has 3 N–H and O–H groups in total. The van der Waals surface area contributed by atoms with E-state index in [1.54, 1.807) is 32.2 Å². The smallest absolute Gasteiger partial charge is 0.234 e. The van der Waals surface area contributed by atoms with Crippen LogP contribution in [0, 0.1) is 5.82 Å². The number of amides is 1. The van der Waals surface area contributed by atoms with Gasteiger partial charge in [-0.3, -0.25) is 9.69 Å². The van der Waals surface area contributed by atoms with Gasteiger partial charge in [0.05, 0.1) is 29.4 Å². The summed E-state index contributed by atoms with van der Waals surface area (Å²) in [5.74, 6) is 0.0816. The zero-order valence-corrected chi connectivity index (χ0v) is 17.7. The molecule has 0 aliphatic rings. The van der Waals surface area contributed by atoms with Crippen molar-refractivity contribution in [3.8, 4) is 5.75 Å². The first-order chi connectivity index (χ1) is 14.3. The molecular weight excluding hydrogens is 409 g/mol. The molecule has 9 heteroatoms. The zero-order valence-electron chi connectivity index (χ0n) is 16.9. The van der Waals surface area contributed by atoms with Crippen LogP contribution >= 0.6 is 11.6 Å². The summed E-state index contributed by atoms with van der Waals surface area (Å²) in [6, 6.07) is 7.91. The summed E-state index contributed by atoms with van der Waals surface area (Å²) in [6.07, 6.45) is 1.39. The molecule has 1 amide bonds. The molecule has 7 nitrogen and oxygen atoms in total. The zero-order chi connectivity index (χ0) is 21.8. The Morgan fingerprint density at radius 1 is 1.37 bits per heavy atom. The van der Waals surface area contributed by atoms with Gasteiger partial charge in [0.1, 0.15) is 17.9 Å². The molecule has 3 rings (SSSR count). The van der Waals surface area contributed by atoms with Gasteiger partial charge >= 0.3 is 0 Å². The number of carbonyl (C=O) groups is 1. The highest BCUT2D eigenvalue weighted by Crippen LogP contribution is 2.32. The highest BCUT2D eigenvalue weighted by molar-refractivity contribution is 6.31. The van der Waals surface area contributed by atoms with Crippen molar-refractivity contribution in [3.05, 3.63) is 53.1 Å². The molecule has 0 fully saturated rings. The van der Waals surface area contributed by atoms with Gasteiger partial charge in [-0.2, -0.15) is 0 Å². The molecule has 0 radical (unpaired) electrons. The molecular formula is C21H23ClFN5O2. The summed E-state index contributed by atoms with van der Waals surface area (Å²) in [5, 5.41) is 3.68. The number of hydrogen-bond donors (Lipinski definition) is 2. The quantitative estimate of drug-likeness (QED) is 0.562. The first kappa shape index (κ1) is 21.7. The van der Waals surface area contributed by atoms with Crippen LogP contribution in [-0.2, 0) is 11.3 Å². The molecule has 0 unspecified atom stereocenters. The number of halogens is 2. The first-order valence-corrected chi connectivity index (χ1v) is 9.79. The number of nitrogens with one attached hydrogen (secondary N) is 1. The van der Waals surface area contributed by atoms with E-state index in [1.165, 1.54) is 12.4 Å². The van der Waals surface area contributed by atoms with Gasteiger partial charge < -0.3 is 15.8 Å². The Balaban J connectivity index is 2.05. The van der Waals surface area contributed by atoms with E-state index in [0.29, 0.717) is 35.6 Å². The lowest BCUT2D eigenvalue weighted by Crippen LogP contribution is -2.42. The molecule has 1 heterocycles. The van der Waals surface area contributed by atoms with Crippen molar-refractivity contribution < 1.29 is 13.9 Å². The number of carbonyl (C=O) groups excluding carboxylic acids is 1. The maximum absolute atomic E-state index is 14.4. The topological polar surface area (TPSA) is 93.4 Å². The van der Waals surface area contributed by atoms with Gasteiger partial charge in [-0.15, -0.1) is 0 Å². The fourth-order valence-electron chi connectivity index (χ4n) is 3.19. The number of benzene rings is 2. The second-order valence-corrected chi connectivity index (χ2v) is 7.18. The summed E-state index contributed by atoms with van der Waals surface area (Å²) in [7, 11) is 1.57. The Hall–Kier alpha value is -2.97. The molecule has 3 aromatic rings. The predicted octanol–water partition coefficient (Wildman–Crippen LogP) is 3.87. The number of nitrogens with zero attached hydrogens (tertiary/aromatic N) is 3. The van der Waals surface area contributed by atoms with Crippen molar-refractivity contribution in [1.29, 1.82) is 0 Å². The van der Waals surface area contributed by atoms with Gasteiger partial charge in [-0.1, -0.05) is 24.6 Å². The molecule has 1 aromatic heterocycles. The van der Waals surface area contributed by atoms with E-state index in [0.717, 1.165) is 5.56 Å². The number of anilines is 2. The SMILES string of the molecule is CCN(Cc1cc2c(Nc3cccc(Cl)c3F)ncnc2cc1OC)[C@@H](C)C(N)=O. The first-order valence-electron chi connectivity index (χ1n) is 9.41. The van der Waals surface area contributed by atoms with Crippen LogP contribution in [0.4, 0.5) is 15.9 Å². The summed E-state index contributed by atoms with van der Waals surface area (Å²) in [5.41, 5.74) is 7.13.